The van der Waals surface area contributed by atoms with Gasteiger partial charge in [0.15, 0.2) is 0 Å². The number of benzene rings is 1. The number of hydrogen-bond donors (Lipinski definition) is 1. The lowest BCUT2D eigenvalue weighted by atomic mass is 10.1. The van der Waals surface area contributed by atoms with E-state index >= 15 is 0 Å². The average molecular weight is 274 g/mol. The second kappa shape index (κ2) is 6.57. The van der Waals surface area contributed by atoms with Crippen molar-refractivity contribution in [1.82, 2.24) is 9.78 Å². The molecule has 0 bridgehead atoms. The Kier molecular flexibility index (Phi) is 4.79. The summed E-state index contributed by atoms with van der Waals surface area (Å²) in [4.78, 5) is 0. The molecule has 0 spiro atoms. The summed E-state index contributed by atoms with van der Waals surface area (Å²) < 4.78 is 7.38. The van der Waals surface area contributed by atoms with E-state index < -0.39 is 6.10 Å². The largest absolute Gasteiger partial charge is 0.494 e. The zero-order chi connectivity index (χ0) is 14.5. The molecule has 4 nitrogen and oxygen atoms in total. The molecule has 2 aromatic rings. The molecule has 0 saturated heterocycles. The topological polar surface area (TPSA) is 47.3 Å². The molecule has 4 heteroatoms. The lowest BCUT2D eigenvalue weighted by Crippen LogP contribution is -2.09. The molecule has 0 amide bonds. The minimum atomic E-state index is -0.656. The van der Waals surface area contributed by atoms with Gasteiger partial charge in [0.1, 0.15) is 11.9 Å². The van der Waals surface area contributed by atoms with E-state index in [0.717, 1.165) is 35.7 Å². The van der Waals surface area contributed by atoms with E-state index in [1.54, 1.807) is 0 Å². The average Bonchev–Trinajstić information content (AvgIpc) is 2.86. The third-order valence-electron chi connectivity index (χ3n) is 3.18. The Morgan fingerprint density at radius 2 is 1.95 bits per heavy atom. The number of aliphatic hydroxyl groups is 1. The van der Waals surface area contributed by atoms with E-state index in [2.05, 4.69) is 12.0 Å². The highest BCUT2D eigenvalue weighted by atomic mass is 16.5. The number of hydrogen-bond acceptors (Lipinski definition) is 3. The summed E-state index contributed by atoms with van der Waals surface area (Å²) in [6.07, 6.45) is 0.329. The van der Waals surface area contributed by atoms with Gasteiger partial charge < -0.3 is 9.84 Å². The first kappa shape index (κ1) is 14.6. The summed E-state index contributed by atoms with van der Waals surface area (Å²) in [5.41, 5.74) is 2.60. The Morgan fingerprint density at radius 3 is 2.55 bits per heavy atom. The fraction of sp³-hybridized carbons (Fsp3) is 0.438. The number of aryl methyl sites for hydroxylation is 2. The van der Waals surface area contributed by atoms with Gasteiger partial charge in [0.25, 0.3) is 0 Å². The zero-order valence-electron chi connectivity index (χ0n) is 12.3. The van der Waals surface area contributed by atoms with Crippen molar-refractivity contribution in [3.8, 4) is 5.75 Å². The quantitative estimate of drug-likeness (QED) is 0.880. The van der Waals surface area contributed by atoms with Crippen molar-refractivity contribution in [3.05, 3.63) is 47.3 Å². The molecule has 0 radical (unpaired) electrons. The standard InChI is InChI=1S/C16H22N2O2/c1-4-10-20-14-8-6-13(7-9-14)16(19)15-11-12(3)17-18(15)5-2/h6-9,11,16,19H,4-5,10H2,1-3H3. The molecule has 1 aromatic heterocycles. The summed E-state index contributed by atoms with van der Waals surface area (Å²) in [5.74, 6) is 0.836. The minimum absolute atomic E-state index is 0.656. The van der Waals surface area contributed by atoms with Crippen LogP contribution in [0.1, 0.15) is 43.3 Å². The Labute approximate surface area is 120 Å². The van der Waals surface area contributed by atoms with Crippen molar-refractivity contribution in [2.45, 2.75) is 39.8 Å². The van der Waals surface area contributed by atoms with Crippen LogP contribution in [0.25, 0.3) is 0 Å². The van der Waals surface area contributed by atoms with Crippen molar-refractivity contribution in [2.75, 3.05) is 6.61 Å². The highest BCUT2D eigenvalue weighted by molar-refractivity contribution is 5.32. The lowest BCUT2D eigenvalue weighted by molar-refractivity contribution is 0.208. The van der Waals surface area contributed by atoms with Gasteiger partial charge in [-0.2, -0.15) is 5.10 Å². The monoisotopic (exact) mass is 274 g/mol. The number of rotatable bonds is 6. The van der Waals surface area contributed by atoms with Crippen LogP contribution in [0.5, 0.6) is 5.75 Å². The second-order valence-electron chi connectivity index (χ2n) is 4.85. The van der Waals surface area contributed by atoms with Crippen LogP contribution in [0.2, 0.25) is 0 Å². The van der Waals surface area contributed by atoms with Crippen molar-refractivity contribution >= 4 is 0 Å². The molecule has 1 atom stereocenters. The SMILES string of the molecule is CCCOc1ccc(C(O)c2cc(C)nn2CC)cc1. The first-order valence-corrected chi connectivity index (χ1v) is 7.10. The second-order valence-corrected chi connectivity index (χ2v) is 4.85. The number of aromatic nitrogens is 2. The molecule has 0 aliphatic heterocycles. The fourth-order valence-corrected chi connectivity index (χ4v) is 2.18. The highest BCUT2D eigenvalue weighted by Crippen LogP contribution is 2.24. The van der Waals surface area contributed by atoms with Gasteiger partial charge in [-0.05, 0) is 44.0 Å². The summed E-state index contributed by atoms with van der Waals surface area (Å²) in [7, 11) is 0. The summed E-state index contributed by atoms with van der Waals surface area (Å²) in [6.45, 7) is 7.49. The van der Waals surface area contributed by atoms with Crippen LogP contribution in [0.15, 0.2) is 30.3 Å². The summed E-state index contributed by atoms with van der Waals surface area (Å²) in [6, 6.07) is 9.52. The van der Waals surface area contributed by atoms with Gasteiger partial charge in [0.2, 0.25) is 0 Å². The van der Waals surface area contributed by atoms with Gasteiger partial charge in [-0.15, -0.1) is 0 Å². The third kappa shape index (κ3) is 3.20. The van der Waals surface area contributed by atoms with E-state index in [1.165, 1.54) is 0 Å². The maximum Gasteiger partial charge on any atom is 0.121 e. The molecule has 1 aromatic carbocycles. The molecular weight excluding hydrogens is 252 g/mol. The molecule has 20 heavy (non-hydrogen) atoms. The maximum atomic E-state index is 10.5. The third-order valence-corrected chi connectivity index (χ3v) is 3.18. The van der Waals surface area contributed by atoms with Gasteiger partial charge in [-0.1, -0.05) is 19.1 Å². The summed E-state index contributed by atoms with van der Waals surface area (Å²) in [5, 5.41) is 14.8. The molecule has 0 aliphatic rings. The molecule has 1 unspecified atom stereocenters. The van der Waals surface area contributed by atoms with Crippen LogP contribution in [0.4, 0.5) is 0 Å². The summed E-state index contributed by atoms with van der Waals surface area (Å²) >= 11 is 0. The smallest absolute Gasteiger partial charge is 0.121 e. The molecule has 1 N–H and O–H groups in total. The fourth-order valence-electron chi connectivity index (χ4n) is 2.18. The number of nitrogens with zero attached hydrogens (tertiary/aromatic N) is 2. The van der Waals surface area contributed by atoms with E-state index in [9.17, 15) is 5.11 Å². The van der Waals surface area contributed by atoms with E-state index in [4.69, 9.17) is 4.74 Å². The number of ether oxygens (including phenoxy) is 1. The maximum absolute atomic E-state index is 10.5. The Bertz CT molecular complexity index is 546. The van der Waals surface area contributed by atoms with Gasteiger partial charge in [-0.3, -0.25) is 4.68 Å². The first-order chi connectivity index (χ1) is 9.65. The van der Waals surface area contributed by atoms with Crippen molar-refractivity contribution in [3.63, 3.8) is 0 Å². The van der Waals surface area contributed by atoms with Gasteiger partial charge in [0, 0.05) is 6.54 Å². The van der Waals surface area contributed by atoms with Crippen LogP contribution < -0.4 is 4.74 Å². The predicted octanol–water partition coefficient (Wildman–Crippen LogP) is 3.08. The van der Waals surface area contributed by atoms with Crippen LogP contribution in [-0.4, -0.2) is 21.5 Å². The van der Waals surface area contributed by atoms with Gasteiger partial charge in [0.05, 0.1) is 18.0 Å². The minimum Gasteiger partial charge on any atom is -0.494 e. The molecule has 108 valence electrons. The van der Waals surface area contributed by atoms with Crippen molar-refractivity contribution in [2.24, 2.45) is 0 Å². The van der Waals surface area contributed by atoms with Crippen LogP contribution in [0, 0.1) is 6.92 Å². The van der Waals surface area contributed by atoms with E-state index in [1.807, 2.05) is 48.9 Å². The molecule has 0 aliphatic carbocycles. The Hall–Kier alpha value is -1.81. The number of aliphatic hydroxyl groups excluding tert-OH is 1. The highest BCUT2D eigenvalue weighted by Gasteiger charge is 2.16. The molecule has 2 rings (SSSR count). The zero-order valence-corrected chi connectivity index (χ0v) is 12.3. The molecule has 0 saturated carbocycles. The molecule has 1 heterocycles. The normalized spacial score (nSPS) is 12.4. The Balaban J connectivity index is 2.17. The van der Waals surface area contributed by atoms with Crippen molar-refractivity contribution < 1.29 is 9.84 Å². The Morgan fingerprint density at radius 1 is 1.25 bits per heavy atom. The van der Waals surface area contributed by atoms with Gasteiger partial charge >= 0.3 is 0 Å². The molecular formula is C16H22N2O2. The predicted molar refractivity (Wildman–Crippen MR) is 78.9 cm³/mol. The van der Waals surface area contributed by atoms with Crippen LogP contribution >= 0.6 is 0 Å². The van der Waals surface area contributed by atoms with Crippen LogP contribution in [-0.2, 0) is 6.54 Å². The van der Waals surface area contributed by atoms with E-state index in [0.29, 0.717) is 6.61 Å². The van der Waals surface area contributed by atoms with Crippen molar-refractivity contribution in [1.29, 1.82) is 0 Å². The molecule has 0 fully saturated rings. The van der Waals surface area contributed by atoms with Crippen LogP contribution in [0.3, 0.4) is 0 Å². The van der Waals surface area contributed by atoms with E-state index in [-0.39, 0.29) is 0 Å². The lowest BCUT2D eigenvalue weighted by Gasteiger charge is -2.13. The first-order valence-electron chi connectivity index (χ1n) is 7.10. The van der Waals surface area contributed by atoms with Gasteiger partial charge in [-0.25, -0.2) is 0 Å².